The average Bonchev–Trinajstić information content (AvgIpc) is 2.46. The lowest BCUT2D eigenvalue weighted by Gasteiger charge is -2.22. The van der Waals surface area contributed by atoms with Crippen molar-refractivity contribution >= 4 is 5.78 Å². The third-order valence-corrected chi connectivity index (χ3v) is 3.16. The first-order valence-electron chi connectivity index (χ1n) is 6.17. The van der Waals surface area contributed by atoms with Gasteiger partial charge in [-0.3, -0.25) is 4.79 Å². The second-order valence-corrected chi connectivity index (χ2v) is 4.56. The number of aliphatic hydroxyl groups is 1. The second-order valence-electron chi connectivity index (χ2n) is 4.56. The molecule has 0 aliphatic rings. The summed E-state index contributed by atoms with van der Waals surface area (Å²) >= 11 is 0. The van der Waals surface area contributed by atoms with E-state index < -0.39 is 35.8 Å². The highest BCUT2D eigenvalue weighted by atomic mass is 19.4. The van der Waals surface area contributed by atoms with Crippen LogP contribution in [0.5, 0.6) is 0 Å². The number of methoxy groups -OCH3 is 2. The molecule has 1 aromatic carbocycles. The van der Waals surface area contributed by atoms with E-state index in [4.69, 9.17) is 9.47 Å². The summed E-state index contributed by atoms with van der Waals surface area (Å²) in [5.74, 6) is -1.38. The summed E-state index contributed by atoms with van der Waals surface area (Å²) in [5.41, 5.74) is -0.598. The molecule has 0 fully saturated rings. The number of rotatable bonds is 6. The Bertz CT molecular complexity index is 466. The van der Waals surface area contributed by atoms with Gasteiger partial charge in [-0.2, -0.15) is 13.2 Å². The summed E-state index contributed by atoms with van der Waals surface area (Å²) in [6.07, 6.45) is -6.81. The maximum Gasteiger partial charge on any atom is 0.416 e. The number of Topliss-reactive ketones (excluding diaryl/α,β-unsaturated/α-hetero) is 1. The minimum atomic E-state index is -4.44. The van der Waals surface area contributed by atoms with Gasteiger partial charge >= 0.3 is 6.18 Å². The zero-order valence-corrected chi connectivity index (χ0v) is 11.8. The number of benzene rings is 1. The van der Waals surface area contributed by atoms with Crippen LogP contribution in [0.15, 0.2) is 24.3 Å². The van der Waals surface area contributed by atoms with Crippen molar-refractivity contribution in [1.82, 2.24) is 0 Å². The van der Waals surface area contributed by atoms with E-state index in [0.717, 1.165) is 24.3 Å². The average molecular weight is 306 g/mol. The van der Waals surface area contributed by atoms with Crippen molar-refractivity contribution in [2.24, 2.45) is 5.92 Å². The Morgan fingerprint density at radius 2 is 1.62 bits per heavy atom. The number of ketones is 1. The number of hydrogen-bond donors (Lipinski definition) is 1. The number of halogens is 3. The van der Waals surface area contributed by atoms with E-state index in [2.05, 4.69) is 0 Å². The summed E-state index contributed by atoms with van der Waals surface area (Å²) in [6, 6.07) is 4.01. The molecular formula is C14H17F3O4. The maximum atomic E-state index is 12.5. The Labute approximate surface area is 120 Å². The maximum absolute atomic E-state index is 12.5. The van der Waals surface area contributed by atoms with Gasteiger partial charge in [0.15, 0.2) is 5.78 Å². The SMILES string of the molecule is COC(OC)C(=O)[C@@H](C)[C@H](O)c1ccc(C(F)(F)F)cc1. The molecule has 0 heterocycles. The number of carbonyl (C=O) groups excluding carboxylic acids is 1. The van der Waals surface area contributed by atoms with E-state index in [1.807, 2.05) is 0 Å². The third-order valence-electron chi connectivity index (χ3n) is 3.16. The van der Waals surface area contributed by atoms with E-state index in [9.17, 15) is 23.1 Å². The van der Waals surface area contributed by atoms with Crippen LogP contribution in [0.1, 0.15) is 24.2 Å². The Morgan fingerprint density at radius 1 is 1.14 bits per heavy atom. The van der Waals surface area contributed by atoms with Crippen LogP contribution in [-0.4, -0.2) is 31.4 Å². The molecule has 0 aliphatic carbocycles. The van der Waals surface area contributed by atoms with Crippen molar-refractivity contribution < 1.29 is 32.5 Å². The number of carbonyl (C=O) groups is 1. The van der Waals surface area contributed by atoms with E-state index in [1.54, 1.807) is 0 Å². The Morgan fingerprint density at radius 3 is 2.00 bits per heavy atom. The molecule has 2 atom stereocenters. The molecule has 0 spiro atoms. The van der Waals surface area contributed by atoms with E-state index >= 15 is 0 Å². The van der Waals surface area contributed by atoms with Crippen molar-refractivity contribution in [3.63, 3.8) is 0 Å². The highest BCUT2D eigenvalue weighted by molar-refractivity contribution is 5.84. The summed E-state index contributed by atoms with van der Waals surface area (Å²) in [4.78, 5) is 12.0. The van der Waals surface area contributed by atoms with Gasteiger partial charge in [0, 0.05) is 14.2 Å². The fraction of sp³-hybridized carbons (Fsp3) is 0.500. The third kappa shape index (κ3) is 4.26. The molecule has 0 saturated heterocycles. The largest absolute Gasteiger partial charge is 0.416 e. The summed E-state index contributed by atoms with van der Waals surface area (Å²) < 4.78 is 47.0. The fourth-order valence-electron chi connectivity index (χ4n) is 1.86. The Kier molecular flexibility index (Phi) is 5.88. The fourth-order valence-corrected chi connectivity index (χ4v) is 1.86. The molecule has 118 valence electrons. The quantitative estimate of drug-likeness (QED) is 0.821. The molecule has 0 saturated carbocycles. The molecule has 0 amide bonds. The van der Waals surface area contributed by atoms with Gasteiger partial charge in [-0.25, -0.2) is 0 Å². The van der Waals surface area contributed by atoms with Crippen LogP contribution >= 0.6 is 0 Å². The molecule has 0 radical (unpaired) electrons. The Balaban J connectivity index is 2.88. The van der Waals surface area contributed by atoms with Gasteiger partial charge in [0.1, 0.15) is 0 Å². The normalized spacial score (nSPS) is 15.0. The zero-order valence-electron chi connectivity index (χ0n) is 11.8. The van der Waals surface area contributed by atoms with Gasteiger partial charge in [-0.05, 0) is 17.7 Å². The van der Waals surface area contributed by atoms with Crippen molar-refractivity contribution in [3.8, 4) is 0 Å². The van der Waals surface area contributed by atoms with Gasteiger partial charge in [0.05, 0.1) is 17.6 Å². The minimum absolute atomic E-state index is 0.217. The number of ether oxygens (including phenoxy) is 2. The second kappa shape index (κ2) is 7.02. The van der Waals surface area contributed by atoms with E-state index in [-0.39, 0.29) is 5.56 Å². The van der Waals surface area contributed by atoms with Crippen LogP contribution in [-0.2, 0) is 20.4 Å². The number of alkyl halides is 3. The first kappa shape index (κ1) is 17.6. The minimum Gasteiger partial charge on any atom is -0.388 e. The molecule has 1 aromatic rings. The van der Waals surface area contributed by atoms with Crippen molar-refractivity contribution in [2.75, 3.05) is 14.2 Å². The molecule has 0 aromatic heterocycles. The monoisotopic (exact) mass is 306 g/mol. The molecule has 7 heteroatoms. The smallest absolute Gasteiger partial charge is 0.388 e. The van der Waals surface area contributed by atoms with E-state index in [0.29, 0.717) is 0 Å². The molecule has 1 rings (SSSR count). The van der Waals surface area contributed by atoms with Gasteiger partial charge in [-0.1, -0.05) is 19.1 Å². The highest BCUT2D eigenvalue weighted by Crippen LogP contribution is 2.31. The Hall–Kier alpha value is -1.44. The van der Waals surface area contributed by atoms with Crippen LogP contribution in [0, 0.1) is 5.92 Å². The van der Waals surface area contributed by atoms with Crippen molar-refractivity contribution in [2.45, 2.75) is 25.5 Å². The predicted molar refractivity (Wildman–Crippen MR) is 68.4 cm³/mol. The van der Waals surface area contributed by atoms with Crippen LogP contribution < -0.4 is 0 Å². The van der Waals surface area contributed by atoms with Crippen LogP contribution in [0.25, 0.3) is 0 Å². The van der Waals surface area contributed by atoms with Gasteiger partial charge in [0.25, 0.3) is 0 Å². The molecular weight excluding hydrogens is 289 g/mol. The first-order valence-corrected chi connectivity index (χ1v) is 6.17. The van der Waals surface area contributed by atoms with Crippen molar-refractivity contribution in [3.05, 3.63) is 35.4 Å². The molecule has 4 nitrogen and oxygen atoms in total. The molecule has 0 bridgehead atoms. The molecule has 21 heavy (non-hydrogen) atoms. The van der Waals surface area contributed by atoms with Crippen LogP contribution in [0.2, 0.25) is 0 Å². The predicted octanol–water partition coefficient (Wildman–Crippen LogP) is 2.56. The van der Waals surface area contributed by atoms with Gasteiger partial charge in [0.2, 0.25) is 6.29 Å². The lowest BCUT2D eigenvalue weighted by molar-refractivity contribution is -0.163. The van der Waals surface area contributed by atoms with Crippen LogP contribution in [0.3, 0.4) is 0 Å². The van der Waals surface area contributed by atoms with Gasteiger partial charge in [-0.15, -0.1) is 0 Å². The highest BCUT2D eigenvalue weighted by Gasteiger charge is 2.32. The number of hydrogen-bond acceptors (Lipinski definition) is 4. The molecule has 0 aliphatic heterocycles. The van der Waals surface area contributed by atoms with Crippen molar-refractivity contribution in [1.29, 1.82) is 0 Å². The summed E-state index contributed by atoms with van der Waals surface area (Å²) in [6.45, 7) is 1.45. The lowest BCUT2D eigenvalue weighted by atomic mass is 9.93. The van der Waals surface area contributed by atoms with E-state index in [1.165, 1.54) is 21.1 Å². The van der Waals surface area contributed by atoms with Gasteiger partial charge < -0.3 is 14.6 Å². The zero-order chi connectivity index (χ0) is 16.2. The summed E-state index contributed by atoms with van der Waals surface area (Å²) in [5, 5.41) is 10.1. The summed E-state index contributed by atoms with van der Waals surface area (Å²) in [7, 11) is 2.56. The first-order chi connectivity index (χ1) is 9.72. The standard InChI is InChI=1S/C14H17F3O4/c1-8(12(19)13(20-2)21-3)11(18)9-4-6-10(7-5-9)14(15,16)17/h4-8,11,13,18H,1-3H3/t8-,11-/m0/s1. The molecule has 0 unspecified atom stereocenters. The topological polar surface area (TPSA) is 55.8 Å². The lowest BCUT2D eigenvalue weighted by Crippen LogP contribution is -2.33. The molecule has 1 N–H and O–H groups in total. The number of aliphatic hydroxyl groups excluding tert-OH is 1. The van der Waals surface area contributed by atoms with Crippen LogP contribution in [0.4, 0.5) is 13.2 Å².